The van der Waals surface area contributed by atoms with Gasteiger partial charge in [-0.05, 0) is 43.7 Å². The van der Waals surface area contributed by atoms with Crippen LogP contribution in [0, 0.1) is 0 Å². The number of hydrogen-bond donors (Lipinski definition) is 2. The number of nitrogens with zero attached hydrogens (tertiary/aromatic N) is 2. The van der Waals surface area contributed by atoms with Crippen molar-refractivity contribution >= 4 is 29.4 Å². The molecule has 2 amide bonds. The van der Waals surface area contributed by atoms with E-state index < -0.39 is 11.8 Å². The molecule has 2 N–H and O–H groups in total. The van der Waals surface area contributed by atoms with Crippen LogP contribution in [0.1, 0.15) is 19.4 Å². The number of anilines is 2. The van der Waals surface area contributed by atoms with E-state index in [4.69, 9.17) is 4.74 Å². The third-order valence-electron chi connectivity index (χ3n) is 3.96. The van der Waals surface area contributed by atoms with E-state index in [1.165, 1.54) is 13.3 Å². The molecule has 2 rings (SSSR count). The Morgan fingerprint density at radius 1 is 1.04 bits per heavy atom. The van der Waals surface area contributed by atoms with Gasteiger partial charge in [0.1, 0.15) is 5.75 Å². The molecule has 0 saturated carbocycles. The molecule has 7 nitrogen and oxygen atoms in total. The van der Waals surface area contributed by atoms with Crippen molar-refractivity contribution in [3.05, 3.63) is 54.1 Å². The summed E-state index contributed by atoms with van der Waals surface area (Å²) in [6, 6.07) is 14.6. The van der Waals surface area contributed by atoms with Gasteiger partial charge >= 0.3 is 11.8 Å². The first kappa shape index (κ1) is 20.0. The van der Waals surface area contributed by atoms with Crippen molar-refractivity contribution < 1.29 is 14.3 Å². The molecule has 0 unspecified atom stereocenters. The van der Waals surface area contributed by atoms with Crippen molar-refractivity contribution in [1.82, 2.24) is 5.43 Å². The second kappa shape index (κ2) is 9.96. The lowest BCUT2D eigenvalue weighted by atomic mass is 10.2. The Balaban J connectivity index is 1.91. The Kier molecular flexibility index (Phi) is 7.37. The lowest BCUT2D eigenvalue weighted by Crippen LogP contribution is -2.32. The van der Waals surface area contributed by atoms with Gasteiger partial charge in [0.25, 0.3) is 0 Å². The summed E-state index contributed by atoms with van der Waals surface area (Å²) in [5, 5.41) is 6.32. The molecule has 0 heterocycles. The summed E-state index contributed by atoms with van der Waals surface area (Å²) in [6.45, 7) is 6.07. The summed E-state index contributed by atoms with van der Waals surface area (Å²) in [5.41, 5.74) is 4.57. The molecule has 0 spiro atoms. The molecule has 7 heteroatoms. The van der Waals surface area contributed by atoms with Gasteiger partial charge in [-0.25, -0.2) is 5.43 Å². The fraction of sp³-hybridized carbons (Fsp3) is 0.250. The van der Waals surface area contributed by atoms with E-state index in [9.17, 15) is 9.59 Å². The van der Waals surface area contributed by atoms with Crippen LogP contribution >= 0.6 is 0 Å². The van der Waals surface area contributed by atoms with E-state index in [0.717, 1.165) is 24.3 Å². The summed E-state index contributed by atoms with van der Waals surface area (Å²) in [7, 11) is 1.49. The Morgan fingerprint density at radius 3 is 2.33 bits per heavy atom. The summed E-state index contributed by atoms with van der Waals surface area (Å²) >= 11 is 0. The fourth-order valence-electron chi connectivity index (χ4n) is 2.50. The van der Waals surface area contributed by atoms with Gasteiger partial charge < -0.3 is 15.0 Å². The highest BCUT2D eigenvalue weighted by atomic mass is 16.5. The predicted octanol–water partition coefficient (Wildman–Crippen LogP) is 2.63. The van der Waals surface area contributed by atoms with Crippen LogP contribution in [0.5, 0.6) is 5.75 Å². The number of para-hydroxylation sites is 2. The monoisotopic (exact) mass is 368 g/mol. The van der Waals surface area contributed by atoms with E-state index in [2.05, 4.69) is 34.6 Å². The minimum absolute atomic E-state index is 0.413. The molecule has 0 aliphatic rings. The molecule has 27 heavy (non-hydrogen) atoms. The molecular weight excluding hydrogens is 344 g/mol. The largest absolute Gasteiger partial charge is 0.495 e. The molecule has 0 atom stereocenters. The minimum Gasteiger partial charge on any atom is -0.495 e. The molecular formula is C20H24N4O3. The number of hydrogen-bond acceptors (Lipinski definition) is 5. The van der Waals surface area contributed by atoms with Crippen LogP contribution in [-0.2, 0) is 9.59 Å². The number of methoxy groups -OCH3 is 1. The van der Waals surface area contributed by atoms with Gasteiger partial charge in [0, 0.05) is 18.8 Å². The number of benzene rings is 2. The van der Waals surface area contributed by atoms with Gasteiger partial charge in [0.05, 0.1) is 19.0 Å². The molecule has 0 radical (unpaired) electrons. The maximum atomic E-state index is 12.0. The summed E-state index contributed by atoms with van der Waals surface area (Å²) in [5.74, 6) is -1.22. The van der Waals surface area contributed by atoms with Crippen molar-refractivity contribution in [3.8, 4) is 5.75 Å². The molecule has 0 aromatic heterocycles. The maximum absolute atomic E-state index is 12.0. The average Bonchev–Trinajstić information content (AvgIpc) is 2.70. The highest BCUT2D eigenvalue weighted by Gasteiger charge is 2.14. The zero-order valence-corrected chi connectivity index (χ0v) is 15.7. The summed E-state index contributed by atoms with van der Waals surface area (Å²) in [4.78, 5) is 26.1. The topological polar surface area (TPSA) is 83.0 Å². The SMILES string of the molecule is CCN(CC)c1ccc(/C=N/NC(=O)C(=O)Nc2ccccc2OC)cc1. The lowest BCUT2D eigenvalue weighted by molar-refractivity contribution is -0.136. The minimum atomic E-state index is -0.864. The fourth-order valence-corrected chi connectivity index (χ4v) is 2.50. The van der Waals surface area contributed by atoms with Crippen LogP contribution in [0.15, 0.2) is 53.6 Å². The van der Waals surface area contributed by atoms with E-state index in [1.54, 1.807) is 24.3 Å². The van der Waals surface area contributed by atoms with Crippen LogP contribution in [-0.4, -0.2) is 38.2 Å². The second-order valence-electron chi connectivity index (χ2n) is 5.62. The summed E-state index contributed by atoms with van der Waals surface area (Å²) in [6.07, 6.45) is 1.49. The first-order chi connectivity index (χ1) is 13.1. The normalized spacial score (nSPS) is 10.5. The molecule has 2 aromatic rings. The Morgan fingerprint density at radius 2 is 1.70 bits per heavy atom. The highest BCUT2D eigenvalue weighted by Crippen LogP contribution is 2.22. The van der Waals surface area contributed by atoms with E-state index in [1.807, 2.05) is 24.3 Å². The Hall–Kier alpha value is -3.35. The van der Waals surface area contributed by atoms with Gasteiger partial charge in [-0.3, -0.25) is 9.59 Å². The average molecular weight is 368 g/mol. The van der Waals surface area contributed by atoms with Crippen LogP contribution in [0.3, 0.4) is 0 Å². The van der Waals surface area contributed by atoms with Gasteiger partial charge in [-0.2, -0.15) is 5.10 Å². The zero-order chi connectivity index (χ0) is 19.6. The van der Waals surface area contributed by atoms with Gasteiger partial charge in [0.2, 0.25) is 0 Å². The third kappa shape index (κ3) is 5.57. The van der Waals surface area contributed by atoms with Gasteiger partial charge in [-0.1, -0.05) is 24.3 Å². The van der Waals surface area contributed by atoms with Crippen LogP contribution < -0.4 is 20.4 Å². The first-order valence-corrected chi connectivity index (χ1v) is 8.71. The van der Waals surface area contributed by atoms with Crippen LogP contribution in [0.25, 0.3) is 0 Å². The highest BCUT2D eigenvalue weighted by molar-refractivity contribution is 6.39. The van der Waals surface area contributed by atoms with E-state index >= 15 is 0 Å². The third-order valence-corrected chi connectivity index (χ3v) is 3.96. The number of ether oxygens (including phenoxy) is 1. The van der Waals surface area contributed by atoms with Gasteiger partial charge in [0.15, 0.2) is 0 Å². The maximum Gasteiger partial charge on any atom is 0.329 e. The number of rotatable bonds is 7. The standard InChI is InChI=1S/C20H24N4O3/c1-4-24(5-2)16-12-10-15(11-13-16)14-21-23-20(26)19(25)22-17-8-6-7-9-18(17)27-3/h6-14H,4-5H2,1-3H3,(H,22,25)(H,23,26)/b21-14+. The first-order valence-electron chi connectivity index (χ1n) is 8.71. The smallest absolute Gasteiger partial charge is 0.329 e. The van der Waals surface area contributed by atoms with Crippen molar-refractivity contribution in [2.75, 3.05) is 30.4 Å². The molecule has 0 aliphatic heterocycles. The number of hydrazone groups is 1. The van der Waals surface area contributed by atoms with Crippen LogP contribution in [0.4, 0.5) is 11.4 Å². The van der Waals surface area contributed by atoms with Crippen molar-refractivity contribution in [2.45, 2.75) is 13.8 Å². The lowest BCUT2D eigenvalue weighted by Gasteiger charge is -2.20. The quantitative estimate of drug-likeness (QED) is 0.447. The Bertz CT molecular complexity index is 799. The molecule has 142 valence electrons. The van der Waals surface area contributed by atoms with E-state index in [0.29, 0.717) is 11.4 Å². The molecule has 2 aromatic carbocycles. The number of amides is 2. The van der Waals surface area contributed by atoms with E-state index in [-0.39, 0.29) is 0 Å². The predicted molar refractivity (Wildman–Crippen MR) is 107 cm³/mol. The summed E-state index contributed by atoms with van der Waals surface area (Å²) < 4.78 is 5.13. The Labute approximate surface area is 159 Å². The number of carbonyl (C=O) groups is 2. The molecule has 0 saturated heterocycles. The van der Waals surface area contributed by atoms with Gasteiger partial charge in [-0.15, -0.1) is 0 Å². The zero-order valence-electron chi connectivity index (χ0n) is 15.7. The number of nitrogens with one attached hydrogen (secondary N) is 2. The molecule has 0 bridgehead atoms. The van der Waals surface area contributed by atoms with Crippen LogP contribution in [0.2, 0.25) is 0 Å². The molecule has 0 fully saturated rings. The number of carbonyl (C=O) groups excluding carboxylic acids is 2. The molecule has 0 aliphatic carbocycles. The second-order valence-corrected chi connectivity index (χ2v) is 5.62. The van der Waals surface area contributed by atoms with Crippen molar-refractivity contribution in [1.29, 1.82) is 0 Å². The van der Waals surface area contributed by atoms with Crippen molar-refractivity contribution in [3.63, 3.8) is 0 Å². The van der Waals surface area contributed by atoms with Crippen molar-refractivity contribution in [2.24, 2.45) is 5.10 Å².